The Morgan fingerprint density at radius 3 is 2.63 bits per heavy atom. The first kappa shape index (κ1) is 18.3. The normalized spacial score (nSPS) is 11.8. The minimum absolute atomic E-state index is 0.0689. The molecule has 5 rings (SSSR count). The molecule has 0 fully saturated rings. The molecule has 3 aromatic carbocycles. The molecular weight excluding hydrogens is 374 g/mol. The molecule has 5 heteroatoms. The van der Waals surface area contributed by atoms with Gasteiger partial charge in [-0.25, -0.2) is 0 Å². The van der Waals surface area contributed by atoms with Crippen LogP contribution in [0.15, 0.2) is 71.1 Å². The van der Waals surface area contributed by atoms with Gasteiger partial charge in [0.05, 0.1) is 0 Å². The Kier molecular flexibility index (Phi) is 4.64. The lowest BCUT2D eigenvalue weighted by molar-refractivity contribution is -0.116. The highest BCUT2D eigenvalue weighted by molar-refractivity contribution is 5.92. The van der Waals surface area contributed by atoms with Crippen LogP contribution in [0, 0.1) is 6.92 Å². The van der Waals surface area contributed by atoms with Crippen LogP contribution in [-0.2, 0) is 17.6 Å². The largest absolute Gasteiger partial charge is 0.421 e. The average Bonchev–Trinajstić information content (AvgIpc) is 3.37. The minimum atomic E-state index is -0.0689. The van der Waals surface area contributed by atoms with Crippen molar-refractivity contribution < 1.29 is 9.21 Å². The van der Waals surface area contributed by atoms with E-state index in [1.807, 2.05) is 37.3 Å². The number of aromatic nitrogens is 2. The van der Waals surface area contributed by atoms with Gasteiger partial charge in [0.15, 0.2) is 0 Å². The van der Waals surface area contributed by atoms with Crippen molar-refractivity contribution in [3.63, 3.8) is 0 Å². The van der Waals surface area contributed by atoms with E-state index in [9.17, 15) is 4.79 Å². The lowest BCUT2D eigenvalue weighted by atomic mass is 10.1. The van der Waals surface area contributed by atoms with E-state index in [1.54, 1.807) is 0 Å². The van der Waals surface area contributed by atoms with Gasteiger partial charge in [-0.3, -0.25) is 4.79 Å². The van der Waals surface area contributed by atoms with E-state index >= 15 is 0 Å². The first-order valence-corrected chi connectivity index (χ1v) is 10.1. The first-order valence-electron chi connectivity index (χ1n) is 10.1. The summed E-state index contributed by atoms with van der Waals surface area (Å²) >= 11 is 0. The predicted octanol–water partition coefficient (Wildman–Crippen LogP) is 5.19. The van der Waals surface area contributed by atoms with Gasteiger partial charge in [0.25, 0.3) is 0 Å². The van der Waals surface area contributed by atoms with Crippen LogP contribution in [-0.4, -0.2) is 16.1 Å². The van der Waals surface area contributed by atoms with Gasteiger partial charge >= 0.3 is 0 Å². The summed E-state index contributed by atoms with van der Waals surface area (Å²) in [6.07, 6.45) is 1.59. The fraction of sp³-hybridized carbons (Fsp3) is 0.160. The van der Waals surface area contributed by atoms with Gasteiger partial charge in [0, 0.05) is 24.1 Å². The maximum atomic E-state index is 12.4. The summed E-state index contributed by atoms with van der Waals surface area (Å²) in [7, 11) is 0. The number of nitrogens with zero attached hydrogens (tertiary/aromatic N) is 2. The minimum Gasteiger partial charge on any atom is -0.421 e. The second-order valence-electron chi connectivity index (χ2n) is 7.62. The van der Waals surface area contributed by atoms with Crippen molar-refractivity contribution in [3.8, 4) is 22.6 Å². The smallest absolute Gasteiger partial charge is 0.247 e. The molecule has 1 N–H and O–H groups in total. The number of aryl methyl sites for hydroxylation is 2. The highest BCUT2D eigenvalue weighted by Crippen LogP contribution is 2.37. The third kappa shape index (κ3) is 3.62. The van der Waals surface area contributed by atoms with Crippen molar-refractivity contribution in [1.29, 1.82) is 0 Å². The van der Waals surface area contributed by atoms with Crippen LogP contribution < -0.4 is 5.32 Å². The van der Waals surface area contributed by atoms with Crippen molar-refractivity contribution >= 4 is 11.6 Å². The molecule has 0 spiro atoms. The number of hydrogen-bond acceptors (Lipinski definition) is 4. The second kappa shape index (κ2) is 7.59. The second-order valence-corrected chi connectivity index (χ2v) is 7.62. The van der Waals surface area contributed by atoms with Gasteiger partial charge in [-0.05, 0) is 59.9 Å². The summed E-state index contributed by atoms with van der Waals surface area (Å²) in [5.74, 6) is 0.870. The molecule has 1 amide bonds. The average molecular weight is 395 g/mol. The Bertz CT molecular complexity index is 1230. The van der Waals surface area contributed by atoms with Crippen molar-refractivity contribution in [3.05, 3.63) is 89.3 Å². The van der Waals surface area contributed by atoms with E-state index in [0.717, 1.165) is 17.7 Å². The van der Waals surface area contributed by atoms with E-state index in [-0.39, 0.29) is 12.3 Å². The number of amides is 1. The van der Waals surface area contributed by atoms with Crippen LogP contribution >= 0.6 is 0 Å². The molecule has 0 unspecified atom stereocenters. The summed E-state index contributed by atoms with van der Waals surface area (Å²) in [6.45, 7) is 2.03. The van der Waals surface area contributed by atoms with Crippen LogP contribution in [0.2, 0.25) is 0 Å². The van der Waals surface area contributed by atoms with Crippen molar-refractivity contribution in [2.24, 2.45) is 0 Å². The molecule has 0 aliphatic heterocycles. The zero-order valence-electron chi connectivity index (χ0n) is 16.7. The maximum Gasteiger partial charge on any atom is 0.247 e. The zero-order chi connectivity index (χ0) is 20.5. The molecule has 30 heavy (non-hydrogen) atoms. The molecule has 1 aliphatic carbocycles. The van der Waals surface area contributed by atoms with Crippen LogP contribution in [0.25, 0.3) is 22.6 Å². The molecule has 0 radical (unpaired) electrons. The lowest BCUT2D eigenvalue weighted by Crippen LogP contribution is -2.12. The van der Waals surface area contributed by atoms with Crippen LogP contribution in [0.1, 0.15) is 29.0 Å². The monoisotopic (exact) mass is 395 g/mol. The van der Waals surface area contributed by atoms with Gasteiger partial charge in [-0.1, -0.05) is 48.0 Å². The van der Waals surface area contributed by atoms with E-state index in [1.165, 1.54) is 27.8 Å². The summed E-state index contributed by atoms with van der Waals surface area (Å²) in [5, 5.41) is 11.1. The molecule has 5 nitrogen and oxygen atoms in total. The van der Waals surface area contributed by atoms with E-state index in [4.69, 9.17) is 4.42 Å². The number of carbonyl (C=O) groups is 1. The summed E-state index contributed by atoms with van der Waals surface area (Å²) in [5.41, 5.74) is 7.97. The Morgan fingerprint density at radius 1 is 0.967 bits per heavy atom. The number of anilines is 1. The van der Waals surface area contributed by atoms with E-state index in [2.05, 4.69) is 51.9 Å². The lowest BCUT2D eigenvalue weighted by Gasteiger charge is -2.07. The SMILES string of the molecule is Cc1ccc(-c2nnc(CCC(=O)Nc3ccc4c(c3)Cc3ccccc3-4)o2)cc1. The summed E-state index contributed by atoms with van der Waals surface area (Å²) < 4.78 is 5.70. The van der Waals surface area contributed by atoms with Gasteiger partial charge < -0.3 is 9.73 Å². The van der Waals surface area contributed by atoms with Crippen LogP contribution in [0.5, 0.6) is 0 Å². The number of rotatable bonds is 5. The molecule has 1 aliphatic rings. The van der Waals surface area contributed by atoms with Gasteiger partial charge in [-0.15, -0.1) is 10.2 Å². The van der Waals surface area contributed by atoms with Gasteiger partial charge in [0.2, 0.25) is 17.7 Å². The number of hydrogen-bond donors (Lipinski definition) is 1. The van der Waals surface area contributed by atoms with E-state index < -0.39 is 0 Å². The Hall–Kier alpha value is -3.73. The maximum absolute atomic E-state index is 12.4. The molecular formula is C25H21N3O2. The number of carbonyl (C=O) groups excluding carboxylic acids is 1. The highest BCUT2D eigenvalue weighted by Gasteiger charge is 2.18. The zero-order valence-corrected chi connectivity index (χ0v) is 16.7. The third-order valence-electron chi connectivity index (χ3n) is 5.41. The molecule has 4 aromatic rings. The van der Waals surface area contributed by atoms with Crippen molar-refractivity contribution in [1.82, 2.24) is 10.2 Å². The topological polar surface area (TPSA) is 68.0 Å². The molecule has 0 saturated carbocycles. The number of fused-ring (bicyclic) bond motifs is 3. The Balaban J connectivity index is 1.20. The molecule has 148 valence electrons. The van der Waals surface area contributed by atoms with Crippen LogP contribution in [0.4, 0.5) is 5.69 Å². The standard InChI is InChI=1S/C25H21N3O2/c1-16-6-8-17(9-7-16)25-28-27-24(30-25)13-12-23(29)26-20-10-11-22-19(15-20)14-18-4-2-3-5-21(18)22/h2-11,15H,12-14H2,1H3,(H,26,29). The third-order valence-corrected chi connectivity index (χ3v) is 5.41. The quantitative estimate of drug-likeness (QED) is 0.445. The first-order chi connectivity index (χ1) is 14.7. The van der Waals surface area contributed by atoms with Crippen molar-refractivity contribution in [2.75, 3.05) is 5.32 Å². The Labute approximate surface area is 174 Å². The molecule has 0 saturated heterocycles. The fourth-order valence-electron chi connectivity index (χ4n) is 3.83. The summed E-state index contributed by atoms with van der Waals surface area (Å²) in [6, 6.07) is 22.4. The van der Waals surface area contributed by atoms with Gasteiger partial charge in [-0.2, -0.15) is 0 Å². The number of nitrogens with one attached hydrogen (secondary N) is 1. The molecule has 1 aromatic heterocycles. The fourth-order valence-corrected chi connectivity index (χ4v) is 3.83. The predicted molar refractivity (Wildman–Crippen MR) is 116 cm³/mol. The van der Waals surface area contributed by atoms with Crippen molar-refractivity contribution in [2.45, 2.75) is 26.2 Å². The molecule has 1 heterocycles. The van der Waals surface area contributed by atoms with Gasteiger partial charge in [0.1, 0.15) is 0 Å². The van der Waals surface area contributed by atoms with Crippen LogP contribution in [0.3, 0.4) is 0 Å². The molecule has 0 bridgehead atoms. The molecule has 0 atom stereocenters. The number of benzene rings is 3. The summed E-state index contributed by atoms with van der Waals surface area (Å²) in [4.78, 5) is 12.4. The van der Waals surface area contributed by atoms with E-state index in [0.29, 0.717) is 18.2 Å². The Morgan fingerprint density at radius 2 is 1.77 bits per heavy atom. The highest BCUT2D eigenvalue weighted by atomic mass is 16.4.